The first-order valence-electron chi connectivity index (χ1n) is 12.8. The maximum Gasteiger partial charge on any atom is 0.239 e. The Kier molecular flexibility index (Phi) is 7.05. The zero-order valence-electron chi connectivity index (χ0n) is 21.2. The molecule has 1 atom stereocenters. The van der Waals surface area contributed by atoms with Crippen molar-refractivity contribution < 1.29 is 9.53 Å². The molecule has 1 saturated heterocycles. The number of carbonyl (C=O) groups excluding carboxylic acids is 1. The fourth-order valence-corrected chi connectivity index (χ4v) is 4.93. The van der Waals surface area contributed by atoms with Crippen LogP contribution in [0.3, 0.4) is 0 Å². The summed E-state index contributed by atoms with van der Waals surface area (Å²) in [6.45, 7) is 5.44. The van der Waals surface area contributed by atoms with E-state index in [1.807, 2.05) is 64.2 Å². The van der Waals surface area contributed by atoms with Crippen molar-refractivity contribution in [1.29, 1.82) is 0 Å². The third-order valence-corrected chi connectivity index (χ3v) is 6.79. The molecular weight excluding hydrogens is 466 g/mol. The molecular formula is C28H33N7O2. The number of carbonyl (C=O) groups is 1. The molecule has 0 saturated carbocycles. The highest BCUT2D eigenvalue weighted by Gasteiger charge is 2.30. The topological polar surface area (TPSA) is 125 Å². The van der Waals surface area contributed by atoms with Crippen LogP contribution in [0.15, 0.2) is 60.9 Å². The molecule has 0 bridgehead atoms. The van der Waals surface area contributed by atoms with Gasteiger partial charge in [-0.05, 0) is 61.6 Å². The van der Waals surface area contributed by atoms with Crippen molar-refractivity contribution in [2.24, 2.45) is 11.7 Å². The van der Waals surface area contributed by atoms with Gasteiger partial charge < -0.3 is 21.1 Å². The van der Waals surface area contributed by atoms with Crippen LogP contribution in [0.2, 0.25) is 0 Å². The van der Waals surface area contributed by atoms with E-state index in [1.54, 1.807) is 0 Å². The lowest BCUT2D eigenvalue weighted by molar-refractivity contribution is -0.134. The maximum atomic E-state index is 12.8. The zero-order chi connectivity index (χ0) is 25.9. The molecule has 37 heavy (non-hydrogen) atoms. The van der Waals surface area contributed by atoms with Gasteiger partial charge in [0.05, 0.1) is 17.5 Å². The number of fused-ring (bicyclic) bond motifs is 1. The summed E-state index contributed by atoms with van der Waals surface area (Å²) < 4.78 is 7.88. The Balaban J connectivity index is 1.37. The van der Waals surface area contributed by atoms with Crippen LogP contribution in [0.1, 0.15) is 39.2 Å². The number of para-hydroxylation sites is 1. The van der Waals surface area contributed by atoms with Gasteiger partial charge in [0.2, 0.25) is 5.91 Å². The van der Waals surface area contributed by atoms with E-state index in [2.05, 4.69) is 23.8 Å². The standard InChI is InChI=1S/C28H33N7O2/c1-18(2)16-23(29)28(36)34-14-12-20(13-15-34)35-27-24(26(30)31-17-32-27)25(33-35)19-8-10-22(11-9-19)37-21-6-4-3-5-7-21/h3-11,17-18,20,23H,12-16,29H2,1-2H3,(H2,30,31,32)/t23-/m0/s1. The average Bonchev–Trinajstić information content (AvgIpc) is 3.30. The molecule has 0 radical (unpaired) electrons. The van der Waals surface area contributed by atoms with E-state index >= 15 is 0 Å². The van der Waals surface area contributed by atoms with Crippen LogP contribution >= 0.6 is 0 Å². The predicted octanol–water partition coefficient (Wildman–Crippen LogP) is 4.40. The number of likely N-dealkylation sites (tertiary alicyclic amines) is 1. The van der Waals surface area contributed by atoms with Gasteiger partial charge in [-0.15, -0.1) is 0 Å². The van der Waals surface area contributed by atoms with Crippen LogP contribution < -0.4 is 16.2 Å². The van der Waals surface area contributed by atoms with Crippen molar-refractivity contribution in [2.75, 3.05) is 18.8 Å². The highest BCUT2D eigenvalue weighted by Crippen LogP contribution is 2.35. The third-order valence-electron chi connectivity index (χ3n) is 6.79. The lowest BCUT2D eigenvalue weighted by atomic mass is 10.0. The first kappa shape index (κ1) is 24.7. The quantitative estimate of drug-likeness (QED) is 0.386. The summed E-state index contributed by atoms with van der Waals surface area (Å²) in [7, 11) is 0. The number of nitrogens with two attached hydrogens (primary N) is 2. The first-order chi connectivity index (χ1) is 17.9. The zero-order valence-corrected chi connectivity index (χ0v) is 21.2. The monoisotopic (exact) mass is 499 g/mol. The van der Waals surface area contributed by atoms with Crippen molar-refractivity contribution >= 4 is 22.8 Å². The molecule has 4 aromatic rings. The molecule has 5 rings (SSSR count). The molecule has 1 aliphatic rings. The number of anilines is 1. The molecule has 192 valence electrons. The van der Waals surface area contributed by atoms with Crippen LogP contribution in [-0.2, 0) is 4.79 Å². The highest BCUT2D eigenvalue weighted by molar-refractivity contribution is 5.98. The number of hydrogen-bond donors (Lipinski definition) is 2. The smallest absolute Gasteiger partial charge is 0.239 e. The van der Waals surface area contributed by atoms with E-state index in [1.165, 1.54) is 6.33 Å². The Bertz CT molecular complexity index is 1360. The Hall–Kier alpha value is -3.98. The summed E-state index contributed by atoms with van der Waals surface area (Å²) in [5.41, 5.74) is 14.8. The maximum absolute atomic E-state index is 12.8. The van der Waals surface area contributed by atoms with E-state index in [9.17, 15) is 4.79 Å². The van der Waals surface area contributed by atoms with Crippen LogP contribution in [-0.4, -0.2) is 49.7 Å². The van der Waals surface area contributed by atoms with Crippen molar-refractivity contribution in [3.63, 3.8) is 0 Å². The largest absolute Gasteiger partial charge is 0.457 e. The van der Waals surface area contributed by atoms with Gasteiger partial charge in [0.15, 0.2) is 5.65 Å². The molecule has 2 aromatic carbocycles. The van der Waals surface area contributed by atoms with Crippen LogP contribution in [0, 0.1) is 5.92 Å². The fraction of sp³-hybridized carbons (Fsp3) is 0.357. The number of hydrogen-bond acceptors (Lipinski definition) is 7. The second-order valence-electron chi connectivity index (χ2n) is 9.98. The molecule has 0 aliphatic carbocycles. The number of ether oxygens (including phenoxy) is 1. The molecule has 1 amide bonds. The fourth-order valence-electron chi connectivity index (χ4n) is 4.93. The number of amides is 1. The lowest BCUT2D eigenvalue weighted by Gasteiger charge is -2.34. The number of rotatable bonds is 7. The SMILES string of the molecule is CC(C)C[C@H](N)C(=O)N1CCC(n2nc(-c3ccc(Oc4ccccc4)cc3)c3c(N)ncnc32)CC1. The number of benzene rings is 2. The second kappa shape index (κ2) is 10.6. The summed E-state index contributed by atoms with van der Waals surface area (Å²) in [4.78, 5) is 23.4. The molecule has 3 heterocycles. The normalized spacial score (nSPS) is 15.3. The number of aromatic nitrogens is 4. The minimum atomic E-state index is -0.449. The number of piperidine rings is 1. The van der Waals surface area contributed by atoms with Gasteiger partial charge in [0.25, 0.3) is 0 Å². The van der Waals surface area contributed by atoms with Gasteiger partial charge in [-0.1, -0.05) is 32.0 Å². The summed E-state index contributed by atoms with van der Waals surface area (Å²) in [6.07, 6.45) is 3.70. The lowest BCUT2D eigenvalue weighted by Crippen LogP contribution is -2.47. The minimum absolute atomic E-state index is 0.0301. The molecule has 9 nitrogen and oxygen atoms in total. The first-order valence-corrected chi connectivity index (χ1v) is 12.8. The van der Waals surface area contributed by atoms with Gasteiger partial charge in [-0.25, -0.2) is 14.6 Å². The summed E-state index contributed by atoms with van der Waals surface area (Å²) in [5, 5.41) is 5.70. The van der Waals surface area contributed by atoms with Crippen LogP contribution in [0.4, 0.5) is 5.82 Å². The van der Waals surface area contributed by atoms with E-state index < -0.39 is 6.04 Å². The van der Waals surface area contributed by atoms with Crippen LogP contribution in [0.5, 0.6) is 11.5 Å². The molecule has 2 aromatic heterocycles. The molecule has 0 spiro atoms. The van der Waals surface area contributed by atoms with Crippen LogP contribution in [0.25, 0.3) is 22.3 Å². The Labute approximate surface area is 216 Å². The van der Waals surface area contributed by atoms with E-state index in [0.29, 0.717) is 36.9 Å². The average molecular weight is 500 g/mol. The highest BCUT2D eigenvalue weighted by atomic mass is 16.5. The Morgan fingerprint density at radius 2 is 1.70 bits per heavy atom. The van der Waals surface area contributed by atoms with Gasteiger partial charge >= 0.3 is 0 Å². The van der Waals surface area contributed by atoms with Crippen molar-refractivity contribution in [3.8, 4) is 22.8 Å². The third kappa shape index (κ3) is 5.27. The van der Waals surface area contributed by atoms with E-state index in [-0.39, 0.29) is 11.9 Å². The van der Waals surface area contributed by atoms with Gasteiger partial charge in [0.1, 0.15) is 29.3 Å². The summed E-state index contributed by atoms with van der Waals surface area (Å²) in [6, 6.07) is 17.1. The minimum Gasteiger partial charge on any atom is -0.457 e. The van der Waals surface area contributed by atoms with Crippen molar-refractivity contribution in [3.05, 3.63) is 60.9 Å². The predicted molar refractivity (Wildman–Crippen MR) is 144 cm³/mol. The number of nitrogens with zero attached hydrogens (tertiary/aromatic N) is 5. The summed E-state index contributed by atoms with van der Waals surface area (Å²) >= 11 is 0. The summed E-state index contributed by atoms with van der Waals surface area (Å²) in [5.74, 6) is 2.31. The second-order valence-corrected chi connectivity index (χ2v) is 9.98. The van der Waals surface area contributed by atoms with E-state index in [0.717, 1.165) is 41.0 Å². The number of nitrogen functional groups attached to an aromatic ring is 1. The Morgan fingerprint density at radius 1 is 1.03 bits per heavy atom. The van der Waals surface area contributed by atoms with Gasteiger partial charge in [0, 0.05) is 18.7 Å². The Morgan fingerprint density at radius 3 is 2.38 bits per heavy atom. The molecule has 1 fully saturated rings. The molecule has 4 N–H and O–H groups in total. The molecule has 0 unspecified atom stereocenters. The molecule has 9 heteroatoms. The molecule has 1 aliphatic heterocycles. The van der Waals surface area contributed by atoms with Crippen molar-refractivity contribution in [2.45, 2.75) is 45.2 Å². The van der Waals surface area contributed by atoms with Gasteiger partial charge in [-0.2, -0.15) is 5.10 Å². The van der Waals surface area contributed by atoms with Crippen molar-refractivity contribution in [1.82, 2.24) is 24.6 Å². The van der Waals surface area contributed by atoms with E-state index in [4.69, 9.17) is 21.3 Å². The van der Waals surface area contributed by atoms with Gasteiger partial charge in [-0.3, -0.25) is 4.79 Å².